The van der Waals surface area contributed by atoms with E-state index < -0.39 is 23.0 Å². The fraction of sp³-hybridized carbons (Fsp3) is 0.333. The van der Waals surface area contributed by atoms with Gasteiger partial charge >= 0.3 is 0 Å². The monoisotopic (exact) mass is 454 g/mol. The Morgan fingerprint density at radius 2 is 1.85 bits per heavy atom. The Bertz CT molecular complexity index is 1470. The SMILES string of the molecule is C=CC(C)(C)[C@@]12C[C@H]3c4nc5ccccc5c(=O)n4CC(=O)N3[C@@H]1N(C(C)=O)c1ccccc12. The standard InChI is InChI=1S/C27H26N4O3/c1-5-26(3,4)27-14-21-23-28-19-12-8-6-10-17(19)24(34)29(23)15-22(33)31(21)25(27)30(16(2)32)20-13-9-7-11-18(20)27/h5-13,21,25H,1,14-15H2,2-4H3/t21-,25-,27+/m0/s1. The Labute approximate surface area is 197 Å². The van der Waals surface area contributed by atoms with Gasteiger partial charge in [0.25, 0.3) is 5.56 Å². The van der Waals surface area contributed by atoms with Crippen LogP contribution in [0.1, 0.15) is 44.6 Å². The molecule has 3 aromatic rings. The molecule has 2 aromatic carbocycles. The molecule has 3 aliphatic heterocycles. The number of carbonyl (C=O) groups is 2. The maximum atomic E-state index is 13.7. The number of fused-ring (bicyclic) bond motifs is 8. The summed E-state index contributed by atoms with van der Waals surface area (Å²) in [6, 6.07) is 14.7. The molecule has 34 heavy (non-hydrogen) atoms. The van der Waals surface area contributed by atoms with Crippen LogP contribution in [0.15, 0.2) is 66.0 Å². The van der Waals surface area contributed by atoms with Crippen molar-refractivity contribution in [3.63, 3.8) is 0 Å². The third-order valence-electron chi connectivity index (χ3n) is 8.21. The third kappa shape index (κ3) is 2.31. The average Bonchev–Trinajstić information content (AvgIpc) is 3.32. The number of anilines is 1. The number of amides is 2. The second-order valence-corrected chi connectivity index (χ2v) is 10.1. The molecular weight excluding hydrogens is 428 g/mol. The Morgan fingerprint density at radius 3 is 2.59 bits per heavy atom. The van der Waals surface area contributed by atoms with E-state index in [4.69, 9.17) is 4.98 Å². The van der Waals surface area contributed by atoms with Gasteiger partial charge in [0.15, 0.2) is 0 Å². The number of hydrogen-bond donors (Lipinski definition) is 0. The van der Waals surface area contributed by atoms with Crippen LogP contribution in [-0.2, 0) is 21.5 Å². The number of allylic oxidation sites excluding steroid dienone is 1. The lowest BCUT2D eigenvalue weighted by Crippen LogP contribution is -2.59. The van der Waals surface area contributed by atoms with Crippen LogP contribution in [0.5, 0.6) is 0 Å². The van der Waals surface area contributed by atoms with Crippen molar-refractivity contribution in [1.82, 2.24) is 14.5 Å². The normalized spacial score (nSPS) is 25.1. The van der Waals surface area contributed by atoms with Gasteiger partial charge in [-0.3, -0.25) is 23.9 Å². The molecule has 0 radical (unpaired) electrons. The highest BCUT2D eigenvalue weighted by Gasteiger charge is 2.68. The zero-order chi connectivity index (χ0) is 24.0. The number of nitrogens with zero attached hydrogens (tertiary/aromatic N) is 4. The summed E-state index contributed by atoms with van der Waals surface area (Å²) in [5.41, 5.74) is 1.21. The predicted octanol–water partition coefficient (Wildman–Crippen LogP) is 3.53. The quantitative estimate of drug-likeness (QED) is 0.555. The molecule has 0 spiro atoms. The zero-order valence-electron chi connectivity index (χ0n) is 19.5. The fourth-order valence-corrected chi connectivity index (χ4v) is 6.51. The van der Waals surface area contributed by atoms with Crippen LogP contribution < -0.4 is 10.5 Å². The van der Waals surface area contributed by atoms with Crippen LogP contribution in [0.25, 0.3) is 10.9 Å². The number of rotatable bonds is 2. The van der Waals surface area contributed by atoms with Gasteiger partial charge in [0.1, 0.15) is 18.5 Å². The minimum absolute atomic E-state index is 0.0916. The summed E-state index contributed by atoms with van der Waals surface area (Å²) in [6.45, 7) is 9.80. The van der Waals surface area contributed by atoms with E-state index >= 15 is 0 Å². The summed E-state index contributed by atoms with van der Waals surface area (Å²) in [5.74, 6) is 0.280. The van der Waals surface area contributed by atoms with Crippen LogP contribution in [-0.4, -0.2) is 32.4 Å². The molecule has 0 unspecified atom stereocenters. The van der Waals surface area contributed by atoms with Crippen molar-refractivity contribution in [2.75, 3.05) is 4.90 Å². The van der Waals surface area contributed by atoms with Crippen molar-refractivity contribution in [2.45, 2.75) is 51.4 Å². The highest BCUT2D eigenvalue weighted by Crippen LogP contribution is 2.65. The molecule has 0 bridgehead atoms. The van der Waals surface area contributed by atoms with E-state index in [1.165, 1.54) is 4.57 Å². The first kappa shape index (κ1) is 20.8. The van der Waals surface area contributed by atoms with Gasteiger partial charge in [-0.2, -0.15) is 0 Å². The van der Waals surface area contributed by atoms with Crippen LogP contribution in [0, 0.1) is 5.41 Å². The number of aromatic nitrogens is 2. The van der Waals surface area contributed by atoms with E-state index in [0.717, 1.165) is 11.3 Å². The first-order valence-electron chi connectivity index (χ1n) is 11.6. The van der Waals surface area contributed by atoms with Crippen molar-refractivity contribution >= 4 is 28.4 Å². The molecule has 3 atom stereocenters. The molecule has 6 rings (SSSR count). The zero-order valence-corrected chi connectivity index (χ0v) is 19.5. The lowest BCUT2D eigenvalue weighted by Gasteiger charge is -2.45. The van der Waals surface area contributed by atoms with Crippen molar-refractivity contribution in [2.24, 2.45) is 5.41 Å². The molecule has 2 amide bonds. The van der Waals surface area contributed by atoms with Crippen LogP contribution in [0.4, 0.5) is 5.69 Å². The molecule has 172 valence electrons. The smallest absolute Gasteiger partial charge is 0.261 e. The van der Waals surface area contributed by atoms with Gasteiger partial charge in [-0.25, -0.2) is 4.98 Å². The molecule has 3 aliphatic rings. The van der Waals surface area contributed by atoms with E-state index in [1.54, 1.807) is 24.0 Å². The summed E-state index contributed by atoms with van der Waals surface area (Å²) in [4.78, 5) is 48.6. The third-order valence-corrected chi connectivity index (χ3v) is 8.21. The molecule has 1 saturated heterocycles. The van der Waals surface area contributed by atoms with Gasteiger partial charge in [-0.15, -0.1) is 6.58 Å². The minimum Gasteiger partial charge on any atom is -0.309 e. The minimum atomic E-state index is -0.601. The highest BCUT2D eigenvalue weighted by atomic mass is 16.2. The topological polar surface area (TPSA) is 75.5 Å². The fourth-order valence-electron chi connectivity index (χ4n) is 6.51. The van der Waals surface area contributed by atoms with Gasteiger partial charge in [0, 0.05) is 18.0 Å². The second-order valence-electron chi connectivity index (χ2n) is 10.1. The molecule has 7 nitrogen and oxygen atoms in total. The van der Waals surface area contributed by atoms with Gasteiger partial charge < -0.3 is 4.90 Å². The van der Waals surface area contributed by atoms with Gasteiger partial charge in [-0.05, 0) is 35.6 Å². The Hall–Kier alpha value is -3.74. The van der Waals surface area contributed by atoms with E-state index in [-0.39, 0.29) is 23.9 Å². The van der Waals surface area contributed by atoms with Crippen LogP contribution >= 0.6 is 0 Å². The van der Waals surface area contributed by atoms with Crippen LogP contribution in [0.3, 0.4) is 0 Å². The molecule has 0 saturated carbocycles. The van der Waals surface area contributed by atoms with Crippen molar-refractivity contribution in [1.29, 1.82) is 0 Å². The summed E-state index contributed by atoms with van der Waals surface area (Å²) in [5, 5.41) is 0.502. The summed E-state index contributed by atoms with van der Waals surface area (Å²) in [6.07, 6.45) is 1.93. The number of hydrogen-bond acceptors (Lipinski definition) is 4. The maximum absolute atomic E-state index is 13.7. The lowest BCUT2D eigenvalue weighted by molar-refractivity contribution is -0.138. The first-order valence-corrected chi connectivity index (χ1v) is 11.6. The molecule has 1 aromatic heterocycles. The van der Waals surface area contributed by atoms with Crippen molar-refractivity contribution in [3.05, 3.63) is 82.9 Å². The van der Waals surface area contributed by atoms with Gasteiger partial charge in [-0.1, -0.05) is 50.3 Å². The number of benzene rings is 2. The molecule has 1 fully saturated rings. The highest BCUT2D eigenvalue weighted by molar-refractivity contribution is 5.97. The molecule has 0 N–H and O–H groups in total. The Kier molecular flexibility index (Phi) is 4.08. The number of para-hydroxylation sites is 2. The maximum Gasteiger partial charge on any atom is 0.261 e. The molecule has 4 heterocycles. The van der Waals surface area contributed by atoms with E-state index in [0.29, 0.717) is 23.1 Å². The summed E-state index contributed by atoms with van der Waals surface area (Å²) in [7, 11) is 0. The molecular formula is C27H26N4O3. The predicted molar refractivity (Wildman–Crippen MR) is 129 cm³/mol. The molecule has 7 heteroatoms. The van der Waals surface area contributed by atoms with Crippen LogP contribution in [0.2, 0.25) is 0 Å². The Balaban J connectivity index is 1.67. The van der Waals surface area contributed by atoms with E-state index in [9.17, 15) is 14.4 Å². The molecule has 0 aliphatic carbocycles. The van der Waals surface area contributed by atoms with Gasteiger partial charge in [0.05, 0.1) is 16.9 Å². The average molecular weight is 455 g/mol. The van der Waals surface area contributed by atoms with Crippen molar-refractivity contribution < 1.29 is 9.59 Å². The lowest BCUT2D eigenvalue weighted by atomic mass is 9.60. The van der Waals surface area contributed by atoms with Gasteiger partial charge in [0.2, 0.25) is 11.8 Å². The Morgan fingerprint density at radius 1 is 1.15 bits per heavy atom. The summed E-state index contributed by atoms with van der Waals surface area (Å²) < 4.78 is 1.52. The van der Waals surface area contributed by atoms with E-state index in [2.05, 4.69) is 26.5 Å². The van der Waals surface area contributed by atoms with E-state index in [1.807, 2.05) is 41.3 Å². The van der Waals surface area contributed by atoms with Crippen molar-refractivity contribution in [3.8, 4) is 0 Å². The second kappa shape index (κ2) is 6.65. The number of carbonyl (C=O) groups excluding carboxylic acids is 2. The summed E-state index contributed by atoms with van der Waals surface area (Å²) >= 11 is 0. The first-order chi connectivity index (χ1) is 16.2. The largest absolute Gasteiger partial charge is 0.309 e.